The number of hydrogen-bond acceptors (Lipinski definition) is 3. The molecule has 164 valence electrons. The van der Waals surface area contributed by atoms with Gasteiger partial charge in [-0.15, -0.1) is 11.6 Å². The van der Waals surface area contributed by atoms with E-state index in [4.69, 9.17) is 23.1 Å². The summed E-state index contributed by atoms with van der Waals surface area (Å²) in [5, 5.41) is 4.14. The second-order valence-electron chi connectivity index (χ2n) is 9.68. The molecule has 3 aliphatic carbocycles. The van der Waals surface area contributed by atoms with Crippen molar-refractivity contribution in [2.24, 2.45) is 29.2 Å². The van der Waals surface area contributed by atoms with E-state index in [1.54, 1.807) is 17.3 Å². The molecule has 0 bridgehead atoms. The fraction of sp³-hybridized carbons (Fsp3) is 0.760. The molecule has 0 aromatic rings. The third kappa shape index (κ3) is 6.12. The maximum absolute atomic E-state index is 6.37. The maximum atomic E-state index is 6.37. The van der Waals surface area contributed by atoms with Crippen LogP contribution in [0.15, 0.2) is 35.1 Å². The van der Waals surface area contributed by atoms with Crippen molar-refractivity contribution in [2.45, 2.75) is 95.5 Å². The molecule has 0 amide bonds. The Labute approximate surface area is 183 Å². The van der Waals surface area contributed by atoms with Gasteiger partial charge in [0.1, 0.15) is 0 Å². The van der Waals surface area contributed by atoms with Gasteiger partial charge in [0, 0.05) is 24.0 Å². The Morgan fingerprint density at radius 3 is 2.59 bits per heavy atom. The number of rotatable bonds is 7. The van der Waals surface area contributed by atoms with Crippen LogP contribution in [0.25, 0.3) is 0 Å². The van der Waals surface area contributed by atoms with Gasteiger partial charge in [0.2, 0.25) is 0 Å². The van der Waals surface area contributed by atoms with E-state index in [1.165, 1.54) is 44.9 Å². The summed E-state index contributed by atoms with van der Waals surface area (Å²) in [6, 6.07) is 0.680. The summed E-state index contributed by atoms with van der Waals surface area (Å²) in [5.74, 6) is 2.27. The Morgan fingerprint density at radius 2 is 1.97 bits per heavy atom. The van der Waals surface area contributed by atoms with Crippen molar-refractivity contribution >= 4 is 11.6 Å². The lowest BCUT2D eigenvalue weighted by Gasteiger charge is -2.39. The van der Waals surface area contributed by atoms with Gasteiger partial charge in [-0.1, -0.05) is 31.4 Å². The maximum Gasteiger partial charge on any atom is 0.0373 e. The zero-order chi connectivity index (χ0) is 20.8. The number of alkyl halides is 1. The Bertz CT molecular complexity index is 618. The smallest absolute Gasteiger partial charge is 0.0373 e. The molecular weight excluding hydrogens is 378 g/mol. The minimum Gasteiger partial charge on any atom is -0.405 e. The lowest BCUT2D eigenvalue weighted by atomic mass is 9.68. The summed E-state index contributed by atoms with van der Waals surface area (Å²) in [6.45, 7) is 5.06. The summed E-state index contributed by atoms with van der Waals surface area (Å²) >= 11 is 6.37. The van der Waals surface area contributed by atoms with E-state index in [-0.39, 0.29) is 6.04 Å². The molecule has 0 aromatic carbocycles. The molecule has 1 saturated carbocycles. The molecule has 0 aromatic heterocycles. The normalized spacial score (nSPS) is 31.7. The van der Waals surface area contributed by atoms with Crippen LogP contribution in [0.2, 0.25) is 0 Å². The SMILES string of the molecule is CC(N[C@H](C)/C(=C/N)CN)C1CC(C2=CCC(Cl)CC2)=CC(C2CCCCC2)C1. The van der Waals surface area contributed by atoms with Crippen molar-refractivity contribution < 1.29 is 0 Å². The van der Waals surface area contributed by atoms with E-state index >= 15 is 0 Å². The van der Waals surface area contributed by atoms with Crippen molar-refractivity contribution in [3.05, 3.63) is 35.1 Å². The van der Waals surface area contributed by atoms with E-state index in [2.05, 4.69) is 31.3 Å². The molecule has 5 N–H and O–H groups in total. The second kappa shape index (κ2) is 11.0. The van der Waals surface area contributed by atoms with Crippen LogP contribution in [0, 0.1) is 17.8 Å². The molecule has 0 heterocycles. The van der Waals surface area contributed by atoms with Crippen LogP contribution in [0.3, 0.4) is 0 Å². The first-order chi connectivity index (χ1) is 14.0. The average molecular weight is 420 g/mol. The quantitative estimate of drug-likeness (QED) is 0.483. The van der Waals surface area contributed by atoms with Gasteiger partial charge in [-0.3, -0.25) is 0 Å². The van der Waals surface area contributed by atoms with Crippen LogP contribution >= 0.6 is 11.6 Å². The van der Waals surface area contributed by atoms with Crippen molar-refractivity contribution in [3.8, 4) is 0 Å². The Morgan fingerprint density at radius 1 is 1.21 bits per heavy atom. The standard InChI is InChI=1S/C25H42ClN3/c1-17(29-18(2)24(15-27)16-28)21-12-22(19-6-4-3-5-7-19)14-23(13-21)20-8-10-25(26)11-9-20/h8,14-15,17-19,21-22,25,29H,3-7,9-13,16,27-28H2,1-2H3/b24-15+/t17?,18-,21?,22?,25?/m1/s1. The predicted octanol–water partition coefficient (Wildman–Crippen LogP) is 5.40. The molecule has 3 nitrogen and oxygen atoms in total. The van der Waals surface area contributed by atoms with Gasteiger partial charge in [0.15, 0.2) is 0 Å². The summed E-state index contributed by atoms with van der Waals surface area (Å²) in [4.78, 5) is 0. The van der Waals surface area contributed by atoms with Gasteiger partial charge in [0.25, 0.3) is 0 Å². The molecule has 3 aliphatic rings. The van der Waals surface area contributed by atoms with Crippen molar-refractivity contribution in [1.29, 1.82) is 0 Å². The lowest BCUT2D eigenvalue weighted by molar-refractivity contribution is 0.212. The van der Waals surface area contributed by atoms with Crippen LogP contribution in [0.4, 0.5) is 0 Å². The molecule has 5 atom stereocenters. The predicted molar refractivity (Wildman–Crippen MR) is 126 cm³/mol. The highest BCUT2D eigenvalue weighted by Gasteiger charge is 2.33. The van der Waals surface area contributed by atoms with E-state index < -0.39 is 0 Å². The van der Waals surface area contributed by atoms with E-state index in [9.17, 15) is 0 Å². The van der Waals surface area contributed by atoms with Crippen molar-refractivity contribution in [3.63, 3.8) is 0 Å². The molecule has 0 saturated heterocycles. The largest absolute Gasteiger partial charge is 0.405 e. The van der Waals surface area contributed by atoms with Gasteiger partial charge >= 0.3 is 0 Å². The molecule has 0 aliphatic heterocycles. The summed E-state index contributed by atoms with van der Waals surface area (Å²) in [5.41, 5.74) is 15.9. The fourth-order valence-electron chi connectivity index (χ4n) is 5.74. The van der Waals surface area contributed by atoms with Crippen LogP contribution < -0.4 is 16.8 Å². The lowest BCUT2D eigenvalue weighted by Crippen LogP contribution is -2.43. The van der Waals surface area contributed by atoms with Gasteiger partial charge in [-0.05, 0) is 99.5 Å². The molecule has 0 radical (unpaired) electrons. The van der Waals surface area contributed by atoms with Gasteiger partial charge in [-0.2, -0.15) is 0 Å². The highest BCUT2D eigenvalue weighted by atomic mass is 35.5. The second-order valence-corrected chi connectivity index (χ2v) is 10.3. The van der Waals surface area contributed by atoms with Crippen molar-refractivity contribution in [1.82, 2.24) is 5.32 Å². The Balaban J connectivity index is 1.74. The van der Waals surface area contributed by atoms with Crippen LogP contribution in [-0.2, 0) is 0 Å². The van der Waals surface area contributed by atoms with Crippen molar-refractivity contribution in [2.75, 3.05) is 6.54 Å². The number of allylic oxidation sites excluding steroid dienone is 4. The fourth-order valence-corrected chi connectivity index (χ4v) is 5.94. The summed E-state index contributed by atoms with van der Waals surface area (Å²) in [7, 11) is 0. The molecule has 0 spiro atoms. The van der Waals surface area contributed by atoms with E-state index in [0.29, 0.717) is 23.9 Å². The minimum atomic E-state index is 0.230. The molecule has 29 heavy (non-hydrogen) atoms. The minimum absolute atomic E-state index is 0.230. The zero-order valence-corrected chi connectivity index (χ0v) is 19.3. The molecule has 4 heteroatoms. The Kier molecular flexibility index (Phi) is 8.70. The molecular formula is C25H42ClN3. The third-order valence-electron chi connectivity index (χ3n) is 7.71. The number of hydrogen-bond donors (Lipinski definition) is 3. The zero-order valence-electron chi connectivity index (χ0n) is 18.5. The number of nitrogens with two attached hydrogens (primary N) is 2. The van der Waals surface area contributed by atoms with Gasteiger partial charge in [0.05, 0.1) is 0 Å². The third-order valence-corrected chi connectivity index (χ3v) is 8.11. The number of halogens is 1. The van der Waals surface area contributed by atoms with E-state index in [0.717, 1.165) is 36.7 Å². The first kappa shape index (κ1) is 22.9. The van der Waals surface area contributed by atoms with E-state index in [1.807, 2.05) is 0 Å². The highest BCUT2D eigenvalue weighted by Crippen LogP contribution is 2.43. The van der Waals surface area contributed by atoms with Crippen LogP contribution in [0.5, 0.6) is 0 Å². The summed E-state index contributed by atoms with van der Waals surface area (Å²) in [6.07, 6.45) is 19.7. The van der Waals surface area contributed by atoms with Crippen LogP contribution in [-0.4, -0.2) is 24.0 Å². The van der Waals surface area contributed by atoms with Gasteiger partial charge < -0.3 is 16.8 Å². The van der Waals surface area contributed by atoms with Gasteiger partial charge in [-0.25, -0.2) is 0 Å². The molecule has 1 fully saturated rings. The van der Waals surface area contributed by atoms with Crippen LogP contribution in [0.1, 0.15) is 78.1 Å². The Hall–Kier alpha value is -0.770. The first-order valence-corrected chi connectivity index (χ1v) is 12.4. The summed E-state index contributed by atoms with van der Waals surface area (Å²) < 4.78 is 0. The average Bonchev–Trinajstić information content (AvgIpc) is 2.75. The molecule has 4 unspecified atom stereocenters. The highest BCUT2D eigenvalue weighted by molar-refractivity contribution is 6.20. The monoisotopic (exact) mass is 419 g/mol. The molecule has 3 rings (SSSR count). The topological polar surface area (TPSA) is 64.1 Å². The number of nitrogens with one attached hydrogen (secondary N) is 1. The first-order valence-electron chi connectivity index (χ1n) is 11.9.